The second-order valence-corrected chi connectivity index (χ2v) is 7.83. The fourth-order valence-corrected chi connectivity index (χ4v) is 2.81. The first-order valence-corrected chi connectivity index (χ1v) is 9.38. The van der Waals surface area contributed by atoms with E-state index in [4.69, 9.17) is 0 Å². The fourth-order valence-electron chi connectivity index (χ4n) is 2.81. The first kappa shape index (κ1) is 23.2. The first-order valence-electron chi connectivity index (χ1n) is 9.38. The highest BCUT2D eigenvalue weighted by atomic mass is 15.3. The van der Waals surface area contributed by atoms with Gasteiger partial charge in [-0.3, -0.25) is 0 Å². The quantitative estimate of drug-likeness (QED) is 0.375. The first-order chi connectivity index (χ1) is 9.74. The molecule has 0 aliphatic rings. The molecule has 0 radical (unpaired) electrons. The van der Waals surface area contributed by atoms with Crippen LogP contribution < -0.4 is 0 Å². The summed E-state index contributed by atoms with van der Waals surface area (Å²) in [4.78, 5) is 0. The van der Waals surface area contributed by atoms with E-state index in [0.717, 1.165) is 0 Å². The lowest BCUT2D eigenvalue weighted by atomic mass is 10.2. The molecule has 0 heterocycles. The van der Waals surface area contributed by atoms with Crippen molar-refractivity contribution in [2.75, 3.05) is 54.4 Å². The van der Waals surface area contributed by atoms with Gasteiger partial charge < -0.3 is 8.97 Å². The summed E-state index contributed by atoms with van der Waals surface area (Å²) in [5.74, 6) is 0. The number of hydrogen-bond acceptors (Lipinski definition) is 0. The van der Waals surface area contributed by atoms with Crippen LogP contribution in [0.25, 0.3) is 0 Å². The van der Waals surface area contributed by atoms with E-state index in [1.165, 1.54) is 80.1 Å². The zero-order valence-electron chi connectivity index (χ0n) is 16.7. The van der Waals surface area contributed by atoms with Gasteiger partial charge in [0.25, 0.3) is 0 Å². The molecule has 0 atom stereocenters. The zero-order chi connectivity index (χ0) is 16.8. The molecule has 0 saturated heterocycles. The second kappa shape index (κ2) is 13.6. The minimum atomic E-state index is 1.20. The summed E-state index contributed by atoms with van der Waals surface area (Å²) in [5.41, 5.74) is 0. The molecule has 0 aromatic carbocycles. The van der Waals surface area contributed by atoms with Gasteiger partial charge in [-0.2, -0.15) is 0 Å². The van der Waals surface area contributed by atoms with Gasteiger partial charge in [0.15, 0.2) is 0 Å². The van der Waals surface area contributed by atoms with E-state index in [2.05, 4.69) is 55.9 Å². The lowest BCUT2D eigenvalue weighted by Crippen LogP contribution is -2.40. The third-order valence-electron chi connectivity index (χ3n) is 4.14. The summed E-state index contributed by atoms with van der Waals surface area (Å²) >= 11 is 0. The number of nitrogens with zero attached hydrogens (tertiary/aromatic N) is 2. The van der Waals surface area contributed by atoms with Crippen molar-refractivity contribution in [3.8, 4) is 0 Å². The van der Waals surface area contributed by atoms with Crippen molar-refractivity contribution in [2.24, 2.45) is 0 Å². The summed E-state index contributed by atoms with van der Waals surface area (Å²) in [5, 5.41) is 0. The Balaban J connectivity index is 0. The summed E-state index contributed by atoms with van der Waals surface area (Å²) in [6.07, 6.45) is 9.43. The van der Waals surface area contributed by atoms with E-state index in [1.807, 2.05) is 0 Å². The Bertz CT molecular complexity index is 210. The summed E-state index contributed by atoms with van der Waals surface area (Å²) < 4.78 is 2.40. The molecule has 0 fully saturated rings. The van der Waals surface area contributed by atoms with Crippen LogP contribution in [-0.4, -0.2) is 63.3 Å². The number of rotatable bonds is 11. The monoisotopic (exact) mass is 302 g/mol. The molecule has 0 amide bonds. The SMILES string of the molecule is CCCCC[N+](C)(C)CCC.CCCC[N+](C)(C)CCC. The standard InChI is InChI=1S/C10H24N.C9H22N/c1-5-7-8-10-11(3,4)9-6-2;1-5-7-9-10(3,4)8-6-2/h5-10H2,1-4H3;5-9H2,1-4H3/q2*+1. The molecule has 0 aliphatic heterocycles. The molecule has 0 aromatic heterocycles. The van der Waals surface area contributed by atoms with Crippen molar-refractivity contribution in [2.45, 2.75) is 72.6 Å². The van der Waals surface area contributed by atoms with E-state index in [-0.39, 0.29) is 0 Å². The van der Waals surface area contributed by atoms with Crippen molar-refractivity contribution in [1.82, 2.24) is 0 Å². The lowest BCUT2D eigenvalue weighted by molar-refractivity contribution is -0.890. The largest absolute Gasteiger partial charge is 0.328 e. The van der Waals surface area contributed by atoms with Crippen molar-refractivity contribution in [3.63, 3.8) is 0 Å². The molecule has 2 heteroatoms. The Hall–Kier alpha value is -0.0800. The molecule has 0 spiro atoms. The molecular formula is C19H46N2+2. The Morgan fingerprint density at radius 2 is 0.810 bits per heavy atom. The predicted octanol–water partition coefficient (Wildman–Crippen LogP) is 4.94. The molecule has 0 aliphatic carbocycles. The van der Waals surface area contributed by atoms with Gasteiger partial charge in [-0.25, -0.2) is 0 Å². The summed E-state index contributed by atoms with van der Waals surface area (Å²) in [7, 11) is 9.30. The van der Waals surface area contributed by atoms with E-state index in [1.54, 1.807) is 0 Å². The minimum absolute atomic E-state index is 1.20. The van der Waals surface area contributed by atoms with Crippen LogP contribution in [0.5, 0.6) is 0 Å². The molecule has 0 bridgehead atoms. The zero-order valence-corrected chi connectivity index (χ0v) is 16.7. The van der Waals surface area contributed by atoms with Crippen molar-refractivity contribution < 1.29 is 8.97 Å². The smallest absolute Gasteiger partial charge is 0.0782 e. The number of hydrogen-bond donors (Lipinski definition) is 0. The van der Waals surface area contributed by atoms with Crippen LogP contribution in [0.3, 0.4) is 0 Å². The van der Waals surface area contributed by atoms with Gasteiger partial charge in [0.05, 0.1) is 54.4 Å². The molecule has 0 unspecified atom stereocenters. The van der Waals surface area contributed by atoms with Crippen molar-refractivity contribution in [3.05, 3.63) is 0 Å². The molecule has 0 rings (SSSR count). The number of quaternary nitrogens is 2. The van der Waals surface area contributed by atoms with Gasteiger partial charge in [0.2, 0.25) is 0 Å². The van der Waals surface area contributed by atoms with E-state index < -0.39 is 0 Å². The number of unbranched alkanes of at least 4 members (excludes halogenated alkanes) is 3. The van der Waals surface area contributed by atoms with E-state index in [9.17, 15) is 0 Å². The maximum Gasteiger partial charge on any atom is 0.0782 e. The van der Waals surface area contributed by atoms with Crippen LogP contribution in [-0.2, 0) is 0 Å². The fraction of sp³-hybridized carbons (Fsp3) is 1.00. The topological polar surface area (TPSA) is 0 Å². The predicted molar refractivity (Wildman–Crippen MR) is 98.7 cm³/mol. The minimum Gasteiger partial charge on any atom is -0.328 e. The molecule has 0 aromatic rings. The highest BCUT2D eigenvalue weighted by molar-refractivity contribution is 4.38. The third kappa shape index (κ3) is 17.9. The lowest BCUT2D eigenvalue weighted by Gasteiger charge is -2.29. The Kier molecular flexibility index (Phi) is 15.0. The molecule has 130 valence electrons. The molecular weight excluding hydrogens is 256 g/mol. The van der Waals surface area contributed by atoms with Gasteiger partial charge >= 0.3 is 0 Å². The van der Waals surface area contributed by atoms with Crippen LogP contribution in [0.1, 0.15) is 72.6 Å². The van der Waals surface area contributed by atoms with Crippen LogP contribution in [0.15, 0.2) is 0 Å². The maximum atomic E-state index is 2.33. The van der Waals surface area contributed by atoms with Crippen molar-refractivity contribution >= 4 is 0 Å². The molecule has 0 N–H and O–H groups in total. The third-order valence-corrected chi connectivity index (χ3v) is 4.14. The normalized spacial score (nSPS) is 12.0. The summed E-state index contributed by atoms with van der Waals surface area (Å²) in [6.45, 7) is 14.4. The Labute approximate surface area is 136 Å². The van der Waals surface area contributed by atoms with Gasteiger partial charge in [-0.05, 0) is 32.1 Å². The van der Waals surface area contributed by atoms with Crippen LogP contribution in [0.2, 0.25) is 0 Å². The van der Waals surface area contributed by atoms with Gasteiger partial charge in [0, 0.05) is 0 Å². The highest BCUT2D eigenvalue weighted by Crippen LogP contribution is 2.04. The van der Waals surface area contributed by atoms with Gasteiger partial charge in [-0.1, -0.05) is 40.5 Å². The van der Waals surface area contributed by atoms with E-state index in [0.29, 0.717) is 0 Å². The average molecular weight is 303 g/mol. The van der Waals surface area contributed by atoms with Gasteiger partial charge in [-0.15, -0.1) is 0 Å². The Morgan fingerprint density at radius 1 is 0.429 bits per heavy atom. The maximum absolute atomic E-state index is 2.33. The average Bonchev–Trinajstić information content (AvgIpc) is 2.37. The second-order valence-electron chi connectivity index (χ2n) is 7.83. The summed E-state index contributed by atoms with van der Waals surface area (Å²) in [6, 6.07) is 0. The molecule has 21 heavy (non-hydrogen) atoms. The van der Waals surface area contributed by atoms with Crippen LogP contribution in [0, 0.1) is 0 Å². The molecule has 0 saturated carbocycles. The molecule has 2 nitrogen and oxygen atoms in total. The van der Waals surface area contributed by atoms with Crippen LogP contribution >= 0.6 is 0 Å². The van der Waals surface area contributed by atoms with Crippen molar-refractivity contribution in [1.29, 1.82) is 0 Å². The Morgan fingerprint density at radius 3 is 1.14 bits per heavy atom. The van der Waals surface area contributed by atoms with E-state index >= 15 is 0 Å². The highest BCUT2D eigenvalue weighted by Gasteiger charge is 2.12. The van der Waals surface area contributed by atoms with Crippen LogP contribution in [0.4, 0.5) is 0 Å². The van der Waals surface area contributed by atoms with Gasteiger partial charge in [0.1, 0.15) is 0 Å².